The van der Waals surface area contributed by atoms with Gasteiger partial charge in [-0.25, -0.2) is 23.5 Å². The molecule has 0 spiro atoms. The fourth-order valence-electron chi connectivity index (χ4n) is 6.34. The number of alkyl halides is 2. The van der Waals surface area contributed by atoms with Crippen LogP contribution in [-0.4, -0.2) is 80.7 Å². The molecule has 4 aromatic heterocycles. The van der Waals surface area contributed by atoms with Gasteiger partial charge in [0, 0.05) is 53.9 Å². The molecule has 5 heterocycles. The highest BCUT2D eigenvalue weighted by atomic mass is 35.5. The number of carboxylic acids is 1. The monoisotopic (exact) mass is 707 g/mol. The highest BCUT2D eigenvalue weighted by molar-refractivity contribution is 7.18. The second kappa shape index (κ2) is 14.0. The number of anilines is 1. The Balaban J connectivity index is 1.26. The molecule has 1 aliphatic heterocycles. The van der Waals surface area contributed by atoms with Gasteiger partial charge in [0.05, 0.1) is 45.5 Å². The van der Waals surface area contributed by atoms with E-state index in [1.165, 1.54) is 35.2 Å². The number of thiophene rings is 1. The second-order valence-electron chi connectivity index (χ2n) is 11.9. The summed E-state index contributed by atoms with van der Waals surface area (Å²) >= 11 is 7.63. The van der Waals surface area contributed by atoms with Crippen LogP contribution in [0.4, 0.5) is 14.6 Å². The minimum Gasteiger partial charge on any atom is -0.491 e. The summed E-state index contributed by atoms with van der Waals surface area (Å²) in [6.45, 7) is 4.37. The van der Waals surface area contributed by atoms with E-state index in [0.29, 0.717) is 75.2 Å². The van der Waals surface area contributed by atoms with E-state index in [4.69, 9.17) is 16.3 Å². The van der Waals surface area contributed by atoms with Crippen LogP contribution in [-0.2, 0) is 6.54 Å². The average molecular weight is 708 g/mol. The molecule has 1 aliphatic rings. The molecule has 0 saturated carbocycles. The highest BCUT2D eigenvalue weighted by Crippen LogP contribution is 2.39. The van der Waals surface area contributed by atoms with Crippen molar-refractivity contribution in [3.8, 4) is 22.9 Å². The molecule has 5 aromatic rings. The van der Waals surface area contributed by atoms with Crippen molar-refractivity contribution in [2.75, 3.05) is 31.6 Å². The van der Waals surface area contributed by atoms with Crippen LogP contribution in [0.15, 0.2) is 46.8 Å². The van der Waals surface area contributed by atoms with Crippen molar-refractivity contribution in [2.45, 2.75) is 51.7 Å². The number of nitriles is 1. The fraction of sp³-hybridized carbons (Fsp3) is 0.353. The number of ether oxygens (including phenoxy) is 1. The van der Waals surface area contributed by atoms with Gasteiger partial charge in [0.1, 0.15) is 35.6 Å². The molecule has 49 heavy (non-hydrogen) atoms. The number of carboxylic acid groups (broad SMARTS) is 1. The molecule has 1 aromatic carbocycles. The summed E-state index contributed by atoms with van der Waals surface area (Å²) in [4.78, 5) is 42.7. The number of aromatic carboxylic acids is 1. The van der Waals surface area contributed by atoms with E-state index < -0.39 is 24.0 Å². The van der Waals surface area contributed by atoms with Gasteiger partial charge in [0.15, 0.2) is 0 Å². The first-order valence-electron chi connectivity index (χ1n) is 15.6. The van der Waals surface area contributed by atoms with Crippen LogP contribution in [0, 0.1) is 18.3 Å². The molecule has 254 valence electrons. The van der Waals surface area contributed by atoms with E-state index in [-0.39, 0.29) is 35.7 Å². The molecule has 11 nitrogen and oxygen atoms in total. The summed E-state index contributed by atoms with van der Waals surface area (Å²) < 4.78 is 34.8. The molecule has 0 amide bonds. The first-order valence-corrected chi connectivity index (χ1v) is 16.8. The van der Waals surface area contributed by atoms with Gasteiger partial charge in [-0.2, -0.15) is 5.26 Å². The lowest BCUT2D eigenvalue weighted by molar-refractivity contribution is 0.0228. The normalized spacial score (nSPS) is 14.7. The molecule has 1 fully saturated rings. The molecule has 1 N–H and O–H groups in total. The third kappa shape index (κ3) is 6.53. The maximum absolute atomic E-state index is 14.0. The lowest BCUT2D eigenvalue weighted by atomic mass is 10.0. The van der Waals surface area contributed by atoms with Gasteiger partial charge in [0.25, 0.3) is 12.0 Å². The van der Waals surface area contributed by atoms with Crippen LogP contribution in [0.2, 0.25) is 5.02 Å². The Labute approximate surface area is 289 Å². The third-order valence-electron chi connectivity index (χ3n) is 9.09. The number of aryl methyl sites for hydroxylation is 1. The zero-order valence-electron chi connectivity index (χ0n) is 26.9. The van der Waals surface area contributed by atoms with Crippen molar-refractivity contribution in [3.05, 3.63) is 74.4 Å². The van der Waals surface area contributed by atoms with E-state index in [9.17, 15) is 28.7 Å². The van der Waals surface area contributed by atoms with Crippen molar-refractivity contribution < 1.29 is 23.4 Å². The quantitative estimate of drug-likeness (QED) is 0.178. The number of aromatic nitrogens is 4. The van der Waals surface area contributed by atoms with Crippen LogP contribution in [0.25, 0.3) is 32.2 Å². The van der Waals surface area contributed by atoms with Gasteiger partial charge in [-0.15, -0.1) is 11.3 Å². The third-order valence-corrected chi connectivity index (χ3v) is 10.3. The minimum absolute atomic E-state index is 0.0488. The number of fused-ring (bicyclic) bond motifs is 2. The van der Waals surface area contributed by atoms with Crippen molar-refractivity contribution in [1.29, 1.82) is 5.26 Å². The average Bonchev–Trinajstić information content (AvgIpc) is 3.54. The first-order chi connectivity index (χ1) is 23.5. The number of rotatable bonds is 10. The Morgan fingerprint density at radius 1 is 1.24 bits per heavy atom. The molecule has 6 rings (SSSR count). The number of hydrogen-bond donors (Lipinski definition) is 1. The van der Waals surface area contributed by atoms with Gasteiger partial charge in [-0.3, -0.25) is 19.2 Å². The summed E-state index contributed by atoms with van der Waals surface area (Å²) in [5, 5.41) is 22.0. The number of pyridine rings is 2. The molecule has 1 saturated heterocycles. The maximum Gasteiger partial charge on any atom is 0.338 e. The molecular weight excluding hydrogens is 676 g/mol. The molecule has 0 radical (unpaired) electrons. The van der Waals surface area contributed by atoms with Crippen LogP contribution >= 0.6 is 22.9 Å². The summed E-state index contributed by atoms with van der Waals surface area (Å²) in [7, 11) is 1.80. The zero-order chi connectivity index (χ0) is 35.0. The lowest BCUT2D eigenvalue weighted by Crippen LogP contribution is -2.48. The molecular formula is C34H32ClF2N7O4S. The number of likely N-dealkylation sites (tertiary alicyclic amines) is 1. The number of hydrogen-bond acceptors (Lipinski definition) is 10. The predicted molar refractivity (Wildman–Crippen MR) is 184 cm³/mol. The summed E-state index contributed by atoms with van der Waals surface area (Å²) in [5.74, 6) is 0.164. The number of benzene rings is 1. The number of piperidine rings is 1. The van der Waals surface area contributed by atoms with E-state index in [1.54, 1.807) is 48.5 Å². The summed E-state index contributed by atoms with van der Waals surface area (Å²) in [6.07, 6.45) is 1.82. The predicted octanol–water partition coefficient (Wildman–Crippen LogP) is 6.23. The molecule has 1 atom stereocenters. The first kappa shape index (κ1) is 34.2. The van der Waals surface area contributed by atoms with E-state index in [1.807, 2.05) is 4.90 Å². The number of carbonyl (C=O) groups is 1. The van der Waals surface area contributed by atoms with E-state index in [2.05, 4.69) is 21.0 Å². The lowest BCUT2D eigenvalue weighted by Gasteiger charge is -2.39. The Morgan fingerprint density at radius 3 is 2.69 bits per heavy atom. The topological polar surface area (TPSA) is 137 Å². The van der Waals surface area contributed by atoms with Crippen molar-refractivity contribution in [2.24, 2.45) is 0 Å². The van der Waals surface area contributed by atoms with E-state index >= 15 is 0 Å². The Bertz CT molecular complexity index is 2160. The second-order valence-corrected chi connectivity index (χ2v) is 13.2. The number of nitrogens with zero attached hydrogens (tertiary/aromatic N) is 7. The van der Waals surface area contributed by atoms with Gasteiger partial charge in [-0.05, 0) is 51.0 Å². The Hall–Kier alpha value is -4.71. The van der Waals surface area contributed by atoms with Gasteiger partial charge >= 0.3 is 5.97 Å². The summed E-state index contributed by atoms with van der Waals surface area (Å²) in [6, 6.07) is 8.18. The van der Waals surface area contributed by atoms with Crippen molar-refractivity contribution in [3.63, 3.8) is 0 Å². The standard InChI is InChI=1S/C34H32ClF2N7O4S/c1-18(31(36)37)43-10-7-21(8-11-43)42(3)32-24(15-38)28-26(16-40-32)41-19(2)44(33(28)45)12-13-48-27-5-4-20(35)14-23(27)22-6-9-39-29-25(34(46)47)17-49-30(22)29/h4-6,9,14,16-18,21,31H,7-8,10-13H2,1-3H3,(H,46,47). The smallest absolute Gasteiger partial charge is 0.338 e. The van der Waals surface area contributed by atoms with E-state index in [0.717, 1.165) is 0 Å². The maximum atomic E-state index is 14.0. The fourth-order valence-corrected chi connectivity index (χ4v) is 7.54. The van der Waals surface area contributed by atoms with Crippen LogP contribution in [0.5, 0.6) is 5.75 Å². The molecule has 1 unspecified atom stereocenters. The van der Waals surface area contributed by atoms with Crippen LogP contribution in [0.3, 0.4) is 0 Å². The van der Waals surface area contributed by atoms with Gasteiger partial charge in [-0.1, -0.05) is 11.6 Å². The van der Waals surface area contributed by atoms with Crippen molar-refractivity contribution >= 4 is 55.8 Å². The van der Waals surface area contributed by atoms with Gasteiger partial charge in [0.2, 0.25) is 0 Å². The molecule has 0 bridgehead atoms. The van der Waals surface area contributed by atoms with Gasteiger partial charge < -0.3 is 14.7 Å². The molecule has 15 heteroatoms. The zero-order valence-corrected chi connectivity index (χ0v) is 28.4. The Morgan fingerprint density at radius 2 is 2.00 bits per heavy atom. The summed E-state index contributed by atoms with van der Waals surface area (Å²) in [5.41, 5.74) is 1.81. The van der Waals surface area contributed by atoms with Crippen LogP contribution in [0.1, 0.15) is 41.5 Å². The van der Waals surface area contributed by atoms with Crippen LogP contribution < -0.4 is 15.2 Å². The van der Waals surface area contributed by atoms with Crippen molar-refractivity contribution in [1.82, 2.24) is 24.4 Å². The number of halogens is 3. The minimum atomic E-state index is -2.42. The molecule has 0 aliphatic carbocycles. The SMILES string of the molecule is Cc1nc2cnc(N(C)C3CCN(C(C)C(F)F)CC3)c(C#N)c2c(=O)n1CCOc1ccc(Cl)cc1-c1ccnc2c(C(=O)O)csc12. The highest BCUT2D eigenvalue weighted by Gasteiger charge is 2.31. The largest absolute Gasteiger partial charge is 0.491 e. The Kier molecular flexibility index (Phi) is 9.78.